The fourth-order valence-electron chi connectivity index (χ4n) is 1.16. The molecule has 1 N–H and O–H groups in total. The third-order valence-electron chi connectivity index (χ3n) is 1.87. The summed E-state index contributed by atoms with van der Waals surface area (Å²) in [7, 11) is 0. The second-order valence-corrected chi connectivity index (χ2v) is 3.05. The maximum Gasteiger partial charge on any atom is 0.358 e. The third kappa shape index (κ3) is 3.86. The topological polar surface area (TPSA) is 68.7 Å². The number of carboxylic acids is 1. The third-order valence-corrected chi connectivity index (χ3v) is 1.87. The molecule has 1 rings (SSSR count). The molecule has 1 heterocycles. The summed E-state index contributed by atoms with van der Waals surface area (Å²) in [5.41, 5.74) is -0.0566. The predicted octanol–water partition coefficient (Wildman–Crippen LogP) is 1.59. The number of hydrogen-bond donors (Lipinski definition) is 1. The van der Waals surface area contributed by atoms with Crippen molar-refractivity contribution in [2.45, 2.75) is 13.3 Å². The van der Waals surface area contributed by atoms with E-state index in [0.717, 1.165) is 6.42 Å². The molecule has 0 aliphatic heterocycles. The van der Waals surface area contributed by atoms with Gasteiger partial charge in [0.1, 0.15) is 0 Å². The van der Waals surface area contributed by atoms with Gasteiger partial charge in [-0.25, -0.2) is 9.78 Å². The molecule has 0 saturated carbocycles. The normalized spacial score (nSPS) is 10.1. The first-order valence-electron chi connectivity index (χ1n) is 5.14. The summed E-state index contributed by atoms with van der Waals surface area (Å²) < 4.78 is 10.5. The van der Waals surface area contributed by atoms with Gasteiger partial charge in [0.15, 0.2) is 11.4 Å². The van der Waals surface area contributed by atoms with E-state index in [0.29, 0.717) is 25.6 Å². The van der Waals surface area contributed by atoms with Crippen LogP contribution < -0.4 is 4.74 Å². The lowest BCUT2D eigenvalue weighted by atomic mass is 10.3. The Morgan fingerprint density at radius 3 is 3.00 bits per heavy atom. The quantitative estimate of drug-likeness (QED) is 0.713. The minimum absolute atomic E-state index is 0.0566. The van der Waals surface area contributed by atoms with Crippen LogP contribution in [0, 0.1) is 0 Å². The molecule has 0 fully saturated rings. The van der Waals surface area contributed by atoms with E-state index < -0.39 is 5.97 Å². The van der Waals surface area contributed by atoms with E-state index in [9.17, 15) is 4.79 Å². The van der Waals surface area contributed by atoms with Gasteiger partial charge < -0.3 is 14.6 Å². The molecule has 88 valence electrons. The molecule has 1 aromatic rings. The van der Waals surface area contributed by atoms with Crippen molar-refractivity contribution in [3.8, 4) is 5.75 Å². The van der Waals surface area contributed by atoms with Gasteiger partial charge in [-0.1, -0.05) is 0 Å². The molecule has 0 spiro atoms. The molecule has 0 bridgehead atoms. The van der Waals surface area contributed by atoms with E-state index in [-0.39, 0.29) is 5.69 Å². The molecule has 0 saturated heterocycles. The molecule has 0 unspecified atom stereocenters. The summed E-state index contributed by atoms with van der Waals surface area (Å²) in [5, 5.41) is 8.84. The highest BCUT2D eigenvalue weighted by Gasteiger charge is 2.11. The number of aromatic carboxylic acids is 1. The highest BCUT2D eigenvalue weighted by atomic mass is 16.5. The van der Waals surface area contributed by atoms with Gasteiger partial charge in [0.05, 0.1) is 6.61 Å². The SMILES string of the molecule is CCOCCCOc1cccnc1C(=O)O. The van der Waals surface area contributed by atoms with E-state index >= 15 is 0 Å². The lowest BCUT2D eigenvalue weighted by Crippen LogP contribution is -2.08. The maximum absolute atomic E-state index is 10.8. The van der Waals surface area contributed by atoms with Crippen molar-refractivity contribution in [2.75, 3.05) is 19.8 Å². The Balaban J connectivity index is 2.44. The van der Waals surface area contributed by atoms with E-state index in [1.165, 1.54) is 6.20 Å². The number of rotatable bonds is 7. The second-order valence-electron chi connectivity index (χ2n) is 3.05. The van der Waals surface area contributed by atoms with E-state index in [1.54, 1.807) is 12.1 Å². The van der Waals surface area contributed by atoms with Gasteiger partial charge in [0, 0.05) is 25.8 Å². The van der Waals surface area contributed by atoms with Crippen molar-refractivity contribution < 1.29 is 19.4 Å². The Labute approximate surface area is 94.0 Å². The van der Waals surface area contributed by atoms with Gasteiger partial charge in [-0.3, -0.25) is 0 Å². The summed E-state index contributed by atoms with van der Waals surface area (Å²) in [6, 6.07) is 3.24. The maximum atomic E-state index is 10.8. The first-order valence-corrected chi connectivity index (χ1v) is 5.14. The molecule has 0 aliphatic rings. The van der Waals surface area contributed by atoms with Crippen LogP contribution in [0.2, 0.25) is 0 Å². The van der Waals surface area contributed by atoms with Gasteiger partial charge in [0.2, 0.25) is 0 Å². The number of pyridine rings is 1. The number of ether oxygens (including phenoxy) is 2. The van der Waals surface area contributed by atoms with Crippen LogP contribution in [0.5, 0.6) is 5.75 Å². The zero-order valence-corrected chi connectivity index (χ0v) is 9.18. The Kier molecular flexibility index (Phi) is 5.28. The Morgan fingerprint density at radius 2 is 2.31 bits per heavy atom. The highest BCUT2D eigenvalue weighted by Crippen LogP contribution is 2.15. The summed E-state index contributed by atoms with van der Waals surface area (Å²) in [5.74, 6) is -0.785. The zero-order valence-electron chi connectivity index (χ0n) is 9.18. The fourth-order valence-corrected chi connectivity index (χ4v) is 1.16. The van der Waals surface area contributed by atoms with Crippen LogP contribution in [0.25, 0.3) is 0 Å². The summed E-state index contributed by atoms with van der Waals surface area (Å²) in [6.07, 6.45) is 2.15. The monoisotopic (exact) mass is 225 g/mol. The minimum atomic E-state index is -1.08. The number of nitrogens with zero attached hydrogens (tertiary/aromatic N) is 1. The largest absolute Gasteiger partial charge is 0.491 e. The van der Waals surface area contributed by atoms with Crippen LogP contribution in [-0.2, 0) is 4.74 Å². The summed E-state index contributed by atoms with van der Waals surface area (Å²) >= 11 is 0. The number of carbonyl (C=O) groups is 1. The van der Waals surface area contributed by atoms with Gasteiger partial charge in [-0.2, -0.15) is 0 Å². The summed E-state index contributed by atoms with van der Waals surface area (Å²) in [4.78, 5) is 14.5. The summed E-state index contributed by atoms with van der Waals surface area (Å²) in [6.45, 7) is 3.63. The van der Waals surface area contributed by atoms with Gasteiger partial charge in [-0.15, -0.1) is 0 Å². The van der Waals surface area contributed by atoms with Crippen molar-refractivity contribution >= 4 is 5.97 Å². The van der Waals surface area contributed by atoms with E-state index in [1.807, 2.05) is 6.92 Å². The average molecular weight is 225 g/mol. The van der Waals surface area contributed by atoms with Crippen LogP contribution in [0.15, 0.2) is 18.3 Å². The zero-order chi connectivity index (χ0) is 11.8. The molecule has 0 aliphatic carbocycles. The number of aromatic nitrogens is 1. The van der Waals surface area contributed by atoms with Crippen LogP contribution in [0.1, 0.15) is 23.8 Å². The molecule has 5 heteroatoms. The Hall–Kier alpha value is -1.62. The minimum Gasteiger partial charge on any atom is -0.491 e. The van der Waals surface area contributed by atoms with Crippen LogP contribution in [0.3, 0.4) is 0 Å². The molecule has 16 heavy (non-hydrogen) atoms. The molecular formula is C11H15NO4. The first-order chi connectivity index (χ1) is 7.75. The molecule has 0 aromatic carbocycles. The van der Waals surface area contributed by atoms with Crippen LogP contribution in [-0.4, -0.2) is 35.9 Å². The van der Waals surface area contributed by atoms with E-state index in [2.05, 4.69) is 4.98 Å². The van der Waals surface area contributed by atoms with Crippen molar-refractivity contribution in [3.63, 3.8) is 0 Å². The van der Waals surface area contributed by atoms with Gasteiger partial charge in [-0.05, 0) is 19.1 Å². The fraction of sp³-hybridized carbons (Fsp3) is 0.455. The van der Waals surface area contributed by atoms with Crippen molar-refractivity contribution in [3.05, 3.63) is 24.0 Å². The van der Waals surface area contributed by atoms with Crippen molar-refractivity contribution in [1.29, 1.82) is 0 Å². The number of hydrogen-bond acceptors (Lipinski definition) is 4. The number of carboxylic acid groups (broad SMARTS) is 1. The molecule has 0 radical (unpaired) electrons. The predicted molar refractivity (Wildman–Crippen MR) is 57.8 cm³/mol. The molecule has 1 aromatic heterocycles. The van der Waals surface area contributed by atoms with Gasteiger partial charge in [0.25, 0.3) is 0 Å². The smallest absolute Gasteiger partial charge is 0.358 e. The standard InChI is InChI=1S/C11H15NO4/c1-2-15-7-4-8-16-9-5-3-6-12-10(9)11(13)14/h3,5-6H,2,4,7-8H2,1H3,(H,13,14). The molecular weight excluding hydrogens is 210 g/mol. The Bertz CT molecular complexity index is 341. The van der Waals surface area contributed by atoms with Gasteiger partial charge >= 0.3 is 5.97 Å². The van der Waals surface area contributed by atoms with Crippen LogP contribution in [0.4, 0.5) is 0 Å². The lowest BCUT2D eigenvalue weighted by molar-refractivity contribution is 0.0684. The second kappa shape index (κ2) is 6.79. The first kappa shape index (κ1) is 12.4. The van der Waals surface area contributed by atoms with E-state index in [4.69, 9.17) is 14.6 Å². The molecule has 0 amide bonds. The van der Waals surface area contributed by atoms with Crippen molar-refractivity contribution in [1.82, 2.24) is 4.98 Å². The van der Waals surface area contributed by atoms with Crippen molar-refractivity contribution in [2.24, 2.45) is 0 Å². The van der Waals surface area contributed by atoms with Crippen LogP contribution >= 0.6 is 0 Å². The highest BCUT2D eigenvalue weighted by molar-refractivity contribution is 5.88. The molecule has 0 atom stereocenters. The lowest BCUT2D eigenvalue weighted by Gasteiger charge is -2.07. The average Bonchev–Trinajstić information content (AvgIpc) is 2.29. The molecule has 5 nitrogen and oxygen atoms in total. The Morgan fingerprint density at radius 1 is 1.50 bits per heavy atom.